The summed E-state index contributed by atoms with van der Waals surface area (Å²) in [4.78, 5) is 0. The Morgan fingerprint density at radius 3 is 2.38 bits per heavy atom. The number of rotatable bonds is 8. The minimum Gasteiger partial charge on any atom is -0.233 e. The van der Waals surface area contributed by atoms with Crippen molar-refractivity contribution >= 4 is 20.9 Å². The average Bonchev–Trinajstić information content (AvgIpc) is 3.23. The molecule has 0 aliphatic rings. The summed E-state index contributed by atoms with van der Waals surface area (Å²) in [5.41, 5.74) is 5.60. The molecule has 1 aromatic heterocycles. The molecule has 2 atom stereocenters. The monoisotopic (exact) mass is 447 g/mol. The van der Waals surface area contributed by atoms with Crippen LogP contribution < -0.4 is 4.72 Å². The van der Waals surface area contributed by atoms with Gasteiger partial charge in [-0.2, -0.15) is 5.10 Å². The molecule has 0 aliphatic heterocycles. The van der Waals surface area contributed by atoms with Crippen LogP contribution >= 0.6 is 0 Å². The van der Waals surface area contributed by atoms with Gasteiger partial charge < -0.3 is 0 Å². The van der Waals surface area contributed by atoms with Gasteiger partial charge in [0.05, 0.1) is 23.2 Å². The topological polar surface area (TPSA) is 64.0 Å². The first-order valence-electron chi connectivity index (χ1n) is 10.9. The van der Waals surface area contributed by atoms with Gasteiger partial charge in [0.1, 0.15) is 0 Å². The molecule has 0 saturated carbocycles. The molecule has 0 fully saturated rings. The Balaban J connectivity index is 1.71. The van der Waals surface area contributed by atoms with Gasteiger partial charge in [-0.05, 0) is 55.2 Å². The molecule has 0 spiro atoms. The minimum absolute atomic E-state index is 0.0582. The van der Waals surface area contributed by atoms with E-state index in [-0.39, 0.29) is 17.6 Å². The average molecular weight is 448 g/mol. The third-order valence-corrected chi connectivity index (χ3v) is 7.33. The van der Waals surface area contributed by atoms with Gasteiger partial charge >= 0.3 is 0 Å². The largest absolute Gasteiger partial charge is 0.233 e. The number of sulfonamides is 1. The summed E-state index contributed by atoms with van der Waals surface area (Å²) in [6, 6.07) is 25.0. The molecular formula is C26H29N3O2S. The Hall–Kier alpha value is -2.96. The van der Waals surface area contributed by atoms with E-state index in [0.717, 1.165) is 22.2 Å². The minimum atomic E-state index is -3.24. The van der Waals surface area contributed by atoms with Crippen LogP contribution in [0, 0.1) is 12.8 Å². The Labute approximate surface area is 190 Å². The Bertz CT molecular complexity index is 1300. The van der Waals surface area contributed by atoms with Crippen molar-refractivity contribution in [2.45, 2.75) is 26.7 Å². The normalized spacial score (nSPS) is 13.8. The van der Waals surface area contributed by atoms with Gasteiger partial charge in [-0.15, -0.1) is 0 Å². The van der Waals surface area contributed by atoms with Crippen molar-refractivity contribution < 1.29 is 8.42 Å². The highest BCUT2D eigenvalue weighted by atomic mass is 32.2. The summed E-state index contributed by atoms with van der Waals surface area (Å²) in [6.07, 6.45) is 1.89. The number of fused-ring (bicyclic) bond motifs is 1. The van der Waals surface area contributed by atoms with Crippen LogP contribution in [0.3, 0.4) is 0 Å². The fourth-order valence-electron chi connectivity index (χ4n) is 4.12. The van der Waals surface area contributed by atoms with Gasteiger partial charge in [0.25, 0.3) is 0 Å². The lowest BCUT2D eigenvalue weighted by molar-refractivity contribution is 0.495. The fourth-order valence-corrected chi connectivity index (χ4v) is 4.85. The van der Waals surface area contributed by atoms with Crippen LogP contribution in [-0.2, 0) is 10.0 Å². The third kappa shape index (κ3) is 4.76. The van der Waals surface area contributed by atoms with E-state index in [1.54, 1.807) is 6.92 Å². The molecule has 2 unspecified atom stereocenters. The Morgan fingerprint density at radius 1 is 0.969 bits per heavy atom. The predicted molar refractivity (Wildman–Crippen MR) is 131 cm³/mol. The van der Waals surface area contributed by atoms with Crippen molar-refractivity contribution in [3.63, 3.8) is 0 Å². The highest BCUT2D eigenvalue weighted by Crippen LogP contribution is 2.34. The quantitative estimate of drug-likeness (QED) is 0.411. The number of aryl methyl sites for hydroxylation is 1. The smallest absolute Gasteiger partial charge is 0.211 e. The van der Waals surface area contributed by atoms with Crippen molar-refractivity contribution in [1.82, 2.24) is 14.5 Å². The van der Waals surface area contributed by atoms with Gasteiger partial charge in [-0.3, -0.25) is 0 Å². The van der Waals surface area contributed by atoms with Crippen LogP contribution in [0.4, 0.5) is 0 Å². The lowest BCUT2D eigenvalue weighted by atomic mass is 9.81. The van der Waals surface area contributed by atoms with Gasteiger partial charge in [0, 0.05) is 17.8 Å². The molecule has 1 heterocycles. The van der Waals surface area contributed by atoms with Crippen LogP contribution in [0.15, 0.2) is 79.0 Å². The van der Waals surface area contributed by atoms with Crippen molar-refractivity contribution in [2.24, 2.45) is 5.92 Å². The lowest BCUT2D eigenvalue weighted by Crippen LogP contribution is -2.32. The molecule has 0 bridgehead atoms. The molecule has 6 heteroatoms. The lowest BCUT2D eigenvalue weighted by Gasteiger charge is -2.25. The molecule has 0 radical (unpaired) electrons. The molecule has 0 saturated heterocycles. The van der Waals surface area contributed by atoms with Gasteiger partial charge in [0.2, 0.25) is 10.0 Å². The van der Waals surface area contributed by atoms with E-state index in [0.29, 0.717) is 6.54 Å². The maximum atomic E-state index is 12.0. The first kappa shape index (κ1) is 22.2. The maximum absolute atomic E-state index is 12.0. The zero-order chi connectivity index (χ0) is 22.7. The number of hydrogen-bond acceptors (Lipinski definition) is 3. The Morgan fingerprint density at radius 2 is 1.69 bits per heavy atom. The molecule has 4 rings (SSSR count). The summed E-state index contributed by atoms with van der Waals surface area (Å²) in [5, 5.41) is 5.68. The van der Waals surface area contributed by atoms with E-state index in [4.69, 9.17) is 0 Å². The highest BCUT2D eigenvalue weighted by Gasteiger charge is 2.23. The molecule has 5 nitrogen and oxygen atoms in total. The van der Waals surface area contributed by atoms with Crippen molar-refractivity contribution in [3.05, 3.63) is 95.7 Å². The molecule has 3 aromatic carbocycles. The Kier molecular flexibility index (Phi) is 6.44. The zero-order valence-electron chi connectivity index (χ0n) is 18.7. The van der Waals surface area contributed by atoms with Crippen LogP contribution in [0.1, 0.15) is 36.5 Å². The SMILES string of the molecule is CCS(=O)(=O)NCC(C)C(c1ccccc1)c1ccc2c(cnn2-c2ccc(C)cc2)c1. The molecular weight excluding hydrogens is 418 g/mol. The van der Waals surface area contributed by atoms with Crippen LogP contribution in [0.2, 0.25) is 0 Å². The van der Waals surface area contributed by atoms with E-state index in [2.05, 4.69) is 78.3 Å². The fraction of sp³-hybridized carbons (Fsp3) is 0.269. The molecule has 1 N–H and O–H groups in total. The van der Waals surface area contributed by atoms with E-state index in [9.17, 15) is 8.42 Å². The van der Waals surface area contributed by atoms with Crippen LogP contribution in [0.25, 0.3) is 16.6 Å². The number of aromatic nitrogens is 2. The third-order valence-electron chi connectivity index (χ3n) is 5.96. The van der Waals surface area contributed by atoms with E-state index in [1.165, 1.54) is 11.1 Å². The van der Waals surface area contributed by atoms with E-state index < -0.39 is 10.0 Å². The second kappa shape index (κ2) is 9.27. The molecule has 4 aromatic rings. The molecule has 0 aliphatic carbocycles. The maximum Gasteiger partial charge on any atom is 0.211 e. The molecule has 32 heavy (non-hydrogen) atoms. The van der Waals surface area contributed by atoms with Crippen LogP contribution in [0.5, 0.6) is 0 Å². The summed E-state index contributed by atoms with van der Waals surface area (Å²) < 4.78 is 28.7. The van der Waals surface area contributed by atoms with Gasteiger partial charge in [0.15, 0.2) is 0 Å². The second-order valence-corrected chi connectivity index (χ2v) is 10.4. The number of nitrogens with one attached hydrogen (secondary N) is 1. The standard InChI is InChI=1S/C26H29N3O2S/c1-4-32(30,31)28-17-20(3)26(21-8-6-5-7-9-21)22-12-15-25-23(16-22)18-27-29(25)24-13-10-19(2)11-14-24/h5-16,18,20,26,28H,4,17H2,1-3H3. The predicted octanol–water partition coefficient (Wildman–Crippen LogP) is 5.04. The van der Waals surface area contributed by atoms with Gasteiger partial charge in [-0.1, -0.05) is 61.0 Å². The van der Waals surface area contributed by atoms with Crippen molar-refractivity contribution in [3.8, 4) is 5.69 Å². The molecule has 0 amide bonds. The number of hydrogen-bond donors (Lipinski definition) is 1. The van der Waals surface area contributed by atoms with Crippen molar-refractivity contribution in [1.29, 1.82) is 0 Å². The summed E-state index contributed by atoms with van der Waals surface area (Å²) in [7, 11) is -3.24. The second-order valence-electron chi connectivity index (χ2n) is 8.33. The van der Waals surface area contributed by atoms with E-state index in [1.807, 2.05) is 29.1 Å². The van der Waals surface area contributed by atoms with Gasteiger partial charge in [-0.25, -0.2) is 17.8 Å². The highest BCUT2D eigenvalue weighted by molar-refractivity contribution is 7.89. The summed E-state index contributed by atoms with van der Waals surface area (Å²) in [5.74, 6) is 0.214. The van der Waals surface area contributed by atoms with Crippen LogP contribution in [-0.4, -0.2) is 30.5 Å². The molecule has 166 valence electrons. The number of benzene rings is 3. The van der Waals surface area contributed by atoms with E-state index >= 15 is 0 Å². The first-order chi connectivity index (χ1) is 15.4. The zero-order valence-corrected chi connectivity index (χ0v) is 19.5. The number of nitrogens with zero attached hydrogens (tertiary/aromatic N) is 2. The first-order valence-corrected chi connectivity index (χ1v) is 12.6. The summed E-state index contributed by atoms with van der Waals surface area (Å²) in [6.45, 7) is 6.20. The van der Waals surface area contributed by atoms with Crippen molar-refractivity contribution in [2.75, 3.05) is 12.3 Å². The summed E-state index contributed by atoms with van der Waals surface area (Å²) >= 11 is 0.